The summed E-state index contributed by atoms with van der Waals surface area (Å²) in [6.45, 7) is 3.17. The predicted molar refractivity (Wildman–Crippen MR) is 51.5 cm³/mol. The Morgan fingerprint density at radius 1 is 1.38 bits per heavy atom. The van der Waals surface area contributed by atoms with E-state index in [-0.39, 0.29) is 5.92 Å². The molecule has 0 rings (SSSR count). The van der Waals surface area contributed by atoms with E-state index in [2.05, 4.69) is 4.74 Å². The molecule has 0 bridgehead atoms. The molecule has 0 aromatic carbocycles. The summed E-state index contributed by atoms with van der Waals surface area (Å²) >= 11 is 0. The van der Waals surface area contributed by atoms with Gasteiger partial charge in [-0.1, -0.05) is 20.8 Å². The zero-order valence-corrected chi connectivity index (χ0v) is 9.92. The van der Waals surface area contributed by atoms with Gasteiger partial charge in [-0.25, -0.2) is 0 Å². The number of alkyl halides is 2. The number of rotatable bonds is 5. The van der Waals surface area contributed by atoms with Crippen LogP contribution in [-0.4, -0.2) is 30.8 Å². The number of hydrogen-bond acceptors (Lipinski definition) is 4. The second-order valence-electron chi connectivity index (χ2n) is 3.75. The topological polar surface area (TPSA) is 80.7 Å². The standard InChI is InChI=1S/C8H14F2O5S/c1-5(2)6(3)7(11)15-4-8(9,10)16(12,13)14/h5-6H,4H2,1-3H3,(H,12,13,14)/t6-/m0/s1. The van der Waals surface area contributed by atoms with Gasteiger partial charge in [0.15, 0.2) is 6.61 Å². The Hall–Kier alpha value is -0.760. The van der Waals surface area contributed by atoms with Crippen molar-refractivity contribution in [1.82, 2.24) is 0 Å². The van der Waals surface area contributed by atoms with Crippen molar-refractivity contribution in [2.45, 2.75) is 26.0 Å². The van der Waals surface area contributed by atoms with Gasteiger partial charge in [0.05, 0.1) is 5.92 Å². The minimum absolute atomic E-state index is 0.119. The number of carbonyl (C=O) groups excluding carboxylic acids is 1. The largest absolute Gasteiger partial charge is 0.458 e. The van der Waals surface area contributed by atoms with Gasteiger partial charge < -0.3 is 4.74 Å². The van der Waals surface area contributed by atoms with Crippen LogP contribution in [0.4, 0.5) is 8.78 Å². The lowest BCUT2D eigenvalue weighted by molar-refractivity contribution is -0.155. The summed E-state index contributed by atoms with van der Waals surface area (Å²) in [6, 6.07) is 0. The second kappa shape index (κ2) is 5.05. The van der Waals surface area contributed by atoms with Crippen molar-refractivity contribution in [3.63, 3.8) is 0 Å². The number of ether oxygens (including phenoxy) is 1. The van der Waals surface area contributed by atoms with Gasteiger partial charge in [0.25, 0.3) is 0 Å². The van der Waals surface area contributed by atoms with Crippen LogP contribution < -0.4 is 0 Å². The Kier molecular flexibility index (Phi) is 4.81. The highest BCUT2D eigenvalue weighted by molar-refractivity contribution is 7.86. The lowest BCUT2D eigenvalue weighted by atomic mass is 9.99. The second-order valence-corrected chi connectivity index (χ2v) is 5.30. The van der Waals surface area contributed by atoms with Crippen LogP contribution in [0.5, 0.6) is 0 Å². The molecule has 0 heterocycles. The van der Waals surface area contributed by atoms with Crippen molar-refractivity contribution in [2.75, 3.05) is 6.61 Å². The summed E-state index contributed by atoms with van der Waals surface area (Å²) < 4.78 is 57.9. The van der Waals surface area contributed by atoms with Gasteiger partial charge in [-0.2, -0.15) is 17.2 Å². The molecular formula is C8H14F2O5S. The maximum absolute atomic E-state index is 12.6. The van der Waals surface area contributed by atoms with Gasteiger partial charge in [0, 0.05) is 0 Å². The highest BCUT2D eigenvalue weighted by atomic mass is 32.2. The molecule has 0 aromatic rings. The summed E-state index contributed by atoms with van der Waals surface area (Å²) in [7, 11) is -5.55. The first-order valence-corrected chi connectivity index (χ1v) is 5.94. The molecule has 0 saturated carbocycles. The van der Waals surface area contributed by atoms with E-state index in [1.807, 2.05) is 0 Å². The highest BCUT2D eigenvalue weighted by Gasteiger charge is 2.45. The van der Waals surface area contributed by atoms with Crippen molar-refractivity contribution in [2.24, 2.45) is 11.8 Å². The van der Waals surface area contributed by atoms with E-state index in [1.165, 1.54) is 6.92 Å². The van der Waals surface area contributed by atoms with Crippen molar-refractivity contribution in [3.8, 4) is 0 Å². The fraction of sp³-hybridized carbons (Fsp3) is 0.875. The van der Waals surface area contributed by atoms with Crippen molar-refractivity contribution >= 4 is 16.1 Å². The quantitative estimate of drug-likeness (QED) is 0.595. The Morgan fingerprint density at radius 2 is 1.81 bits per heavy atom. The molecular weight excluding hydrogens is 246 g/mol. The summed E-state index contributed by atoms with van der Waals surface area (Å²) in [4.78, 5) is 11.1. The molecule has 0 amide bonds. The summed E-state index contributed by atoms with van der Waals surface area (Å²) in [6.07, 6.45) is 0. The molecule has 8 heteroatoms. The highest BCUT2D eigenvalue weighted by Crippen LogP contribution is 2.21. The van der Waals surface area contributed by atoms with Gasteiger partial charge in [-0.3, -0.25) is 9.35 Å². The van der Waals surface area contributed by atoms with E-state index >= 15 is 0 Å². The van der Waals surface area contributed by atoms with Gasteiger partial charge in [0.2, 0.25) is 0 Å². The van der Waals surface area contributed by atoms with E-state index in [0.717, 1.165) is 0 Å². The first-order valence-electron chi connectivity index (χ1n) is 4.50. The lowest BCUT2D eigenvalue weighted by Gasteiger charge is -2.17. The molecule has 0 aliphatic carbocycles. The zero-order valence-electron chi connectivity index (χ0n) is 9.11. The van der Waals surface area contributed by atoms with Crippen LogP contribution in [-0.2, 0) is 19.6 Å². The maximum atomic E-state index is 12.6. The van der Waals surface area contributed by atoms with Crippen molar-refractivity contribution in [1.29, 1.82) is 0 Å². The van der Waals surface area contributed by atoms with Crippen LogP contribution in [0.3, 0.4) is 0 Å². The normalized spacial score (nSPS) is 14.9. The predicted octanol–water partition coefficient (Wildman–Crippen LogP) is 1.30. The van der Waals surface area contributed by atoms with E-state index in [9.17, 15) is 22.0 Å². The van der Waals surface area contributed by atoms with Crippen LogP contribution in [0.1, 0.15) is 20.8 Å². The molecule has 16 heavy (non-hydrogen) atoms. The third-order valence-electron chi connectivity index (χ3n) is 2.13. The monoisotopic (exact) mass is 260 g/mol. The van der Waals surface area contributed by atoms with Gasteiger partial charge >= 0.3 is 21.3 Å². The minimum atomic E-state index is -5.55. The van der Waals surface area contributed by atoms with Crippen LogP contribution in [0.25, 0.3) is 0 Å². The Morgan fingerprint density at radius 3 is 2.12 bits per heavy atom. The third kappa shape index (κ3) is 4.01. The third-order valence-corrected chi connectivity index (χ3v) is 3.00. The van der Waals surface area contributed by atoms with Crippen LogP contribution in [0, 0.1) is 11.8 Å². The summed E-state index contributed by atoms with van der Waals surface area (Å²) in [5, 5.41) is -4.47. The Bertz CT molecular complexity index is 349. The summed E-state index contributed by atoms with van der Waals surface area (Å²) in [5.41, 5.74) is 0. The van der Waals surface area contributed by atoms with Crippen LogP contribution in [0.2, 0.25) is 0 Å². The van der Waals surface area contributed by atoms with Gasteiger partial charge in [-0.05, 0) is 5.92 Å². The van der Waals surface area contributed by atoms with Crippen LogP contribution >= 0.6 is 0 Å². The molecule has 96 valence electrons. The summed E-state index contributed by atoms with van der Waals surface area (Å²) in [5.74, 6) is -1.68. The zero-order chi connectivity index (χ0) is 13.1. The average molecular weight is 260 g/mol. The number of halogens is 2. The fourth-order valence-electron chi connectivity index (χ4n) is 0.633. The molecule has 1 N–H and O–H groups in total. The molecule has 0 aliphatic rings. The van der Waals surface area contributed by atoms with E-state index in [1.54, 1.807) is 13.8 Å². The smallest absolute Gasteiger partial charge is 0.402 e. The first-order chi connectivity index (χ1) is 6.99. The minimum Gasteiger partial charge on any atom is -0.458 e. The molecule has 0 aromatic heterocycles. The lowest BCUT2D eigenvalue weighted by Crippen LogP contribution is -2.35. The molecule has 0 saturated heterocycles. The van der Waals surface area contributed by atoms with Crippen LogP contribution in [0.15, 0.2) is 0 Å². The molecule has 5 nitrogen and oxygen atoms in total. The number of esters is 1. The molecule has 0 spiro atoms. The molecule has 0 aliphatic heterocycles. The van der Waals surface area contributed by atoms with Gasteiger partial charge in [0.1, 0.15) is 0 Å². The van der Waals surface area contributed by atoms with Crippen molar-refractivity contribution in [3.05, 3.63) is 0 Å². The van der Waals surface area contributed by atoms with Gasteiger partial charge in [-0.15, -0.1) is 0 Å². The SMILES string of the molecule is CC(C)[C@H](C)C(=O)OCC(F)(F)S(=O)(=O)O. The van der Waals surface area contributed by atoms with E-state index < -0.39 is 33.9 Å². The molecule has 0 radical (unpaired) electrons. The Labute approximate surface area is 92.5 Å². The average Bonchev–Trinajstić information content (AvgIpc) is 2.11. The molecule has 0 unspecified atom stereocenters. The van der Waals surface area contributed by atoms with E-state index in [0.29, 0.717) is 0 Å². The molecule has 0 fully saturated rings. The fourth-order valence-corrected chi connectivity index (χ4v) is 0.841. The number of hydrogen-bond donors (Lipinski definition) is 1. The molecule has 1 atom stereocenters. The van der Waals surface area contributed by atoms with Crippen molar-refractivity contribution < 1.29 is 31.3 Å². The first kappa shape index (κ1) is 15.2. The Balaban J connectivity index is 4.43. The number of carbonyl (C=O) groups is 1. The van der Waals surface area contributed by atoms with E-state index in [4.69, 9.17) is 4.55 Å². The maximum Gasteiger partial charge on any atom is 0.402 e.